The molecule has 8 heteroatoms. The largest absolute Gasteiger partial charge is 0.459 e. The van der Waals surface area contributed by atoms with Gasteiger partial charge in [-0.1, -0.05) is 36.4 Å². The summed E-state index contributed by atoms with van der Waals surface area (Å²) in [6, 6.07) is 18.6. The molecule has 1 aliphatic heterocycles. The minimum absolute atomic E-state index is 0.00304. The van der Waals surface area contributed by atoms with Crippen molar-refractivity contribution in [2.45, 2.75) is 19.3 Å². The Morgan fingerprint density at radius 3 is 2.58 bits per heavy atom. The Balaban J connectivity index is 1.56. The van der Waals surface area contributed by atoms with Gasteiger partial charge in [-0.15, -0.1) is 0 Å². The molecule has 0 radical (unpaired) electrons. The standard InChI is InChI=1S/C25H22FN3O4/c26-22-9-4-3-8-20(22)17-33-21-14-28(13-19-7-2-1-6-18(19)12-27)24(30)16-29(15-21)25(31)23-10-5-11-32-23/h1-11,21H,13-17H2. The fourth-order valence-electron chi connectivity index (χ4n) is 3.74. The van der Waals surface area contributed by atoms with Gasteiger partial charge >= 0.3 is 0 Å². The van der Waals surface area contributed by atoms with Crippen LogP contribution in [-0.2, 0) is 22.7 Å². The van der Waals surface area contributed by atoms with E-state index >= 15 is 0 Å². The molecular formula is C25H22FN3O4. The fourth-order valence-corrected chi connectivity index (χ4v) is 3.74. The van der Waals surface area contributed by atoms with Crippen LogP contribution in [-0.4, -0.2) is 47.4 Å². The van der Waals surface area contributed by atoms with E-state index in [1.165, 1.54) is 23.3 Å². The van der Waals surface area contributed by atoms with E-state index in [1.54, 1.807) is 53.4 Å². The highest BCUT2D eigenvalue weighted by atomic mass is 19.1. The summed E-state index contributed by atoms with van der Waals surface area (Å²) >= 11 is 0. The Bertz CT molecular complexity index is 1170. The monoisotopic (exact) mass is 447 g/mol. The molecule has 33 heavy (non-hydrogen) atoms. The van der Waals surface area contributed by atoms with E-state index in [9.17, 15) is 19.2 Å². The molecule has 2 heterocycles. The van der Waals surface area contributed by atoms with E-state index in [0.29, 0.717) is 16.7 Å². The van der Waals surface area contributed by atoms with Crippen LogP contribution in [0.3, 0.4) is 0 Å². The maximum absolute atomic E-state index is 14.1. The second-order valence-corrected chi connectivity index (χ2v) is 7.73. The highest BCUT2D eigenvalue weighted by Gasteiger charge is 2.32. The molecule has 1 saturated heterocycles. The van der Waals surface area contributed by atoms with E-state index in [1.807, 2.05) is 0 Å². The van der Waals surface area contributed by atoms with Crippen molar-refractivity contribution in [1.29, 1.82) is 5.26 Å². The maximum Gasteiger partial charge on any atom is 0.290 e. The summed E-state index contributed by atoms with van der Waals surface area (Å²) < 4.78 is 25.3. The third kappa shape index (κ3) is 5.27. The van der Waals surface area contributed by atoms with Crippen molar-refractivity contribution in [3.8, 4) is 6.07 Å². The number of amides is 2. The molecular weight excluding hydrogens is 425 g/mol. The zero-order chi connectivity index (χ0) is 23.2. The van der Waals surface area contributed by atoms with Gasteiger partial charge in [-0.3, -0.25) is 9.59 Å². The van der Waals surface area contributed by atoms with Crippen LogP contribution in [0.4, 0.5) is 4.39 Å². The van der Waals surface area contributed by atoms with Crippen LogP contribution >= 0.6 is 0 Å². The first kappa shape index (κ1) is 22.2. The van der Waals surface area contributed by atoms with E-state index < -0.39 is 12.0 Å². The average molecular weight is 447 g/mol. The quantitative estimate of drug-likeness (QED) is 0.578. The molecule has 1 fully saturated rings. The molecule has 0 N–H and O–H groups in total. The van der Waals surface area contributed by atoms with Gasteiger partial charge in [0, 0.05) is 25.2 Å². The molecule has 0 saturated carbocycles. The minimum Gasteiger partial charge on any atom is -0.459 e. The zero-order valence-corrected chi connectivity index (χ0v) is 17.8. The first-order valence-electron chi connectivity index (χ1n) is 10.5. The summed E-state index contributed by atoms with van der Waals surface area (Å²) in [6.45, 7) is 0.362. The van der Waals surface area contributed by atoms with Crippen molar-refractivity contribution in [2.24, 2.45) is 0 Å². The van der Waals surface area contributed by atoms with Crippen LogP contribution in [0.15, 0.2) is 71.3 Å². The number of hydrogen-bond donors (Lipinski definition) is 0. The molecule has 4 rings (SSSR count). The van der Waals surface area contributed by atoms with Gasteiger partial charge < -0.3 is 19.0 Å². The summed E-state index contributed by atoms with van der Waals surface area (Å²) in [5.74, 6) is -0.962. The Morgan fingerprint density at radius 2 is 1.85 bits per heavy atom. The number of halogens is 1. The number of nitriles is 1. The summed E-state index contributed by atoms with van der Waals surface area (Å²) in [5.41, 5.74) is 1.56. The van der Waals surface area contributed by atoms with Gasteiger partial charge in [-0.05, 0) is 29.8 Å². The van der Waals surface area contributed by atoms with E-state index in [4.69, 9.17) is 9.15 Å². The molecule has 168 valence electrons. The Morgan fingerprint density at radius 1 is 1.09 bits per heavy atom. The number of carbonyl (C=O) groups is 2. The van der Waals surface area contributed by atoms with Crippen molar-refractivity contribution in [3.63, 3.8) is 0 Å². The van der Waals surface area contributed by atoms with Crippen LogP contribution in [0.5, 0.6) is 0 Å². The number of rotatable bonds is 6. The smallest absolute Gasteiger partial charge is 0.290 e. The van der Waals surface area contributed by atoms with Gasteiger partial charge in [-0.25, -0.2) is 4.39 Å². The molecule has 7 nitrogen and oxygen atoms in total. The predicted molar refractivity (Wildman–Crippen MR) is 116 cm³/mol. The summed E-state index contributed by atoms with van der Waals surface area (Å²) in [4.78, 5) is 28.9. The molecule has 0 aliphatic carbocycles. The second-order valence-electron chi connectivity index (χ2n) is 7.73. The number of furan rings is 1. The van der Waals surface area contributed by atoms with Gasteiger partial charge in [-0.2, -0.15) is 5.26 Å². The maximum atomic E-state index is 14.1. The molecule has 1 aliphatic rings. The van der Waals surface area contributed by atoms with Gasteiger partial charge in [0.05, 0.1) is 30.6 Å². The van der Waals surface area contributed by atoms with Crippen molar-refractivity contribution in [2.75, 3.05) is 19.6 Å². The Labute approximate surface area is 190 Å². The lowest BCUT2D eigenvalue weighted by Crippen LogP contribution is -2.39. The van der Waals surface area contributed by atoms with Crippen LogP contribution in [0.2, 0.25) is 0 Å². The first-order chi connectivity index (χ1) is 16.0. The van der Waals surface area contributed by atoms with Crippen LogP contribution in [0.25, 0.3) is 0 Å². The van der Waals surface area contributed by atoms with Crippen LogP contribution in [0.1, 0.15) is 27.2 Å². The average Bonchev–Trinajstić information content (AvgIpc) is 3.32. The predicted octanol–water partition coefficient (Wildman–Crippen LogP) is 3.36. The number of benzene rings is 2. The highest BCUT2D eigenvalue weighted by Crippen LogP contribution is 2.18. The van der Waals surface area contributed by atoms with E-state index in [-0.39, 0.29) is 50.3 Å². The van der Waals surface area contributed by atoms with Crippen LogP contribution in [0, 0.1) is 17.1 Å². The van der Waals surface area contributed by atoms with Crippen LogP contribution < -0.4 is 0 Å². The summed E-state index contributed by atoms with van der Waals surface area (Å²) in [7, 11) is 0. The Kier molecular flexibility index (Phi) is 6.81. The van der Waals surface area contributed by atoms with E-state index in [2.05, 4.69) is 6.07 Å². The molecule has 1 atom stereocenters. The zero-order valence-electron chi connectivity index (χ0n) is 17.8. The first-order valence-corrected chi connectivity index (χ1v) is 10.5. The topological polar surface area (TPSA) is 86.8 Å². The SMILES string of the molecule is N#Cc1ccccc1CN1CC(OCc2ccccc2F)CN(C(=O)c2ccco2)CC1=O. The lowest BCUT2D eigenvalue weighted by atomic mass is 10.1. The molecule has 1 aromatic heterocycles. The van der Waals surface area contributed by atoms with Crippen molar-refractivity contribution < 1.29 is 23.1 Å². The Hall–Kier alpha value is -3.96. The molecule has 3 aromatic rings. The third-order valence-electron chi connectivity index (χ3n) is 5.48. The second kappa shape index (κ2) is 10.1. The summed E-state index contributed by atoms with van der Waals surface area (Å²) in [6.07, 6.45) is 0.827. The van der Waals surface area contributed by atoms with Gasteiger partial charge in [0.2, 0.25) is 5.91 Å². The summed E-state index contributed by atoms with van der Waals surface area (Å²) in [5, 5.41) is 9.40. The molecule has 0 bridgehead atoms. The molecule has 0 spiro atoms. The molecule has 2 aromatic carbocycles. The lowest BCUT2D eigenvalue weighted by molar-refractivity contribution is -0.132. The number of nitrogens with zero attached hydrogens (tertiary/aromatic N) is 3. The van der Waals surface area contributed by atoms with Crippen molar-refractivity contribution >= 4 is 11.8 Å². The normalized spacial score (nSPS) is 16.4. The van der Waals surface area contributed by atoms with Crippen molar-refractivity contribution in [3.05, 3.63) is 95.2 Å². The lowest BCUT2D eigenvalue weighted by Gasteiger charge is -2.25. The third-order valence-corrected chi connectivity index (χ3v) is 5.48. The highest BCUT2D eigenvalue weighted by molar-refractivity contribution is 5.94. The van der Waals surface area contributed by atoms with E-state index in [0.717, 1.165) is 0 Å². The van der Waals surface area contributed by atoms with Crippen molar-refractivity contribution in [1.82, 2.24) is 9.80 Å². The van der Waals surface area contributed by atoms with Gasteiger partial charge in [0.15, 0.2) is 5.76 Å². The van der Waals surface area contributed by atoms with Gasteiger partial charge in [0.1, 0.15) is 12.4 Å². The molecule has 1 unspecified atom stereocenters. The van der Waals surface area contributed by atoms with Gasteiger partial charge in [0.25, 0.3) is 5.91 Å². The number of carbonyl (C=O) groups excluding carboxylic acids is 2. The molecule has 2 amide bonds. The fraction of sp³-hybridized carbons (Fsp3) is 0.240. The minimum atomic E-state index is -0.566. The number of ether oxygens (including phenoxy) is 1. The number of hydrogen-bond acceptors (Lipinski definition) is 5.